The fraction of sp³-hybridized carbons (Fsp3) is 0.231. The van der Waals surface area contributed by atoms with Gasteiger partial charge in [-0.3, -0.25) is 4.79 Å². The topological polar surface area (TPSA) is 40.9 Å². The molecule has 0 heterocycles. The number of carbonyl (C=O) groups excluding carboxylic acids is 1. The van der Waals surface area contributed by atoms with Crippen LogP contribution in [0.3, 0.4) is 0 Å². The van der Waals surface area contributed by atoms with Crippen LogP contribution in [0.1, 0.15) is 19.4 Å². The number of carbonyl (C=O) groups is 1. The molecule has 0 atom stereocenters. The van der Waals surface area contributed by atoms with Gasteiger partial charge in [-0.15, -0.1) is 0 Å². The van der Waals surface area contributed by atoms with Crippen molar-refractivity contribution in [1.82, 2.24) is 0 Å². The van der Waals surface area contributed by atoms with E-state index in [9.17, 15) is 4.79 Å². The summed E-state index contributed by atoms with van der Waals surface area (Å²) in [6.07, 6.45) is 1.63. The molecule has 1 rings (SSSR count). The highest BCUT2D eigenvalue weighted by molar-refractivity contribution is 6.04. The Morgan fingerprint density at radius 2 is 1.93 bits per heavy atom. The van der Waals surface area contributed by atoms with E-state index in [0.29, 0.717) is 0 Å². The summed E-state index contributed by atoms with van der Waals surface area (Å²) in [4.78, 5) is 11.6. The Labute approximate surface area is 89.9 Å². The summed E-state index contributed by atoms with van der Waals surface area (Å²) in [6, 6.07) is 11.3. The highest BCUT2D eigenvalue weighted by atomic mass is 16.1. The minimum absolute atomic E-state index is 0.110. The van der Waals surface area contributed by atoms with Crippen LogP contribution in [0.5, 0.6) is 0 Å². The lowest BCUT2D eigenvalue weighted by Crippen LogP contribution is -2.08. The Morgan fingerprint density at radius 1 is 1.33 bits per heavy atom. The third kappa shape index (κ3) is 3.07. The first kappa shape index (κ1) is 11.2. The maximum Gasteiger partial charge on any atom is 0.175 e. The van der Waals surface area contributed by atoms with Crippen LogP contribution in [-0.4, -0.2) is 5.78 Å². The van der Waals surface area contributed by atoms with Crippen molar-refractivity contribution in [2.75, 3.05) is 0 Å². The molecule has 0 aliphatic heterocycles. The molecule has 0 amide bonds. The van der Waals surface area contributed by atoms with Gasteiger partial charge in [0.2, 0.25) is 0 Å². The van der Waals surface area contributed by atoms with Crippen molar-refractivity contribution in [2.24, 2.45) is 5.92 Å². The van der Waals surface area contributed by atoms with Crippen molar-refractivity contribution in [3.8, 4) is 6.07 Å². The zero-order chi connectivity index (χ0) is 11.3. The molecule has 1 aromatic carbocycles. The van der Waals surface area contributed by atoms with Crippen molar-refractivity contribution < 1.29 is 4.79 Å². The van der Waals surface area contributed by atoms with Crippen LogP contribution in [0, 0.1) is 17.2 Å². The lowest BCUT2D eigenvalue weighted by molar-refractivity contribution is -0.117. The molecular formula is C13H13NO. The Balaban J connectivity index is 3.00. The monoisotopic (exact) mass is 199 g/mol. The molecule has 2 heteroatoms. The maximum atomic E-state index is 11.6. The van der Waals surface area contributed by atoms with Crippen LogP contribution >= 0.6 is 0 Å². The molecule has 0 saturated carbocycles. The quantitative estimate of drug-likeness (QED) is 0.554. The molecule has 15 heavy (non-hydrogen) atoms. The van der Waals surface area contributed by atoms with E-state index in [4.69, 9.17) is 5.26 Å². The van der Waals surface area contributed by atoms with Crippen molar-refractivity contribution >= 4 is 11.9 Å². The predicted octanol–water partition coefficient (Wildman–Crippen LogP) is 2.82. The summed E-state index contributed by atoms with van der Waals surface area (Å²) < 4.78 is 0. The smallest absolute Gasteiger partial charge is 0.175 e. The Hall–Kier alpha value is -1.88. The van der Waals surface area contributed by atoms with Crippen molar-refractivity contribution in [1.29, 1.82) is 5.26 Å². The third-order valence-electron chi connectivity index (χ3n) is 2.02. The Morgan fingerprint density at radius 3 is 2.40 bits per heavy atom. The van der Waals surface area contributed by atoms with Gasteiger partial charge in [-0.25, -0.2) is 0 Å². The van der Waals surface area contributed by atoms with E-state index in [1.807, 2.05) is 36.4 Å². The van der Waals surface area contributed by atoms with Crippen molar-refractivity contribution in [3.05, 3.63) is 41.5 Å². The predicted molar refractivity (Wildman–Crippen MR) is 59.9 cm³/mol. The van der Waals surface area contributed by atoms with Crippen molar-refractivity contribution in [3.63, 3.8) is 0 Å². The van der Waals surface area contributed by atoms with Gasteiger partial charge in [-0.2, -0.15) is 5.26 Å². The molecule has 76 valence electrons. The lowest BCUT2D eigenvalue weighted by atomic mass is 10.00. The summed E-state index contributed by atoms with van der Waals surface area (Å²) >= 11 is 0. The molecule has 0 radical (unpaired) electrons. The molecule has 0 aliphatic rings. The van der Waals surface area contributed by atoms with Crippen LogP contribution in [0.4, 0.5) is 0 Å². The van der Waals surface area contributed by atoms with Gasteiger partial charge in [0.1, 0.15) is 6.07 Å². The number of Topliss-reactive ketones (excluding diaryl/α,β-unsaturated/α-hetero) is 1. The van der Waals surface area contributed by atoms with Gasteiger partial charge < -0.3 is 0 Å². The molecule has 0 saturated heterocycles. The van der Waals surface area contributed by atoms with Crippen LogP contribution in [0.2, 0.25) is 0 Å². The first-order chi connectivity index (χ1) is 7.15. The van der Waals surface area contributed by atoms with Crippen molar-refractivity contribution in [2.45, 2.75) is 13.8 Å². The second-order valence-electron chi connectivity index (χ2n) is 3.60. The SMILES string of the molecule is CC(C)C(=O)/C(C#N)=C/c1ccccc1. The fourth-order valence-electron chi connectivity index (χ4n) is 1.19. The van der Waals surface area contributed by atoms with E-state index in [-0.39, 0.29) is 17.3 Å². The zero-order valence-corrected chi connectivity index (χ0v) is 8.90. The normalized spacial score (nSPS) is 11.2. The molecule has 0 fully saturated rings. The summed E-state index contributed by atoms with van der Waals surface area (Å²) in [5.74, 6) is -0.249. The summed E-state index contributed by atoms with van der Waals surface area (Å²) in [7, 11) is 0. The largest absolute Gasteiger partial charge is 0.293 e. The van der Waals surface area contributed by atoms with E-state index < -0.39 is 0 Å². The second kappa shape index (κ2) is 5.11. The van der Waals surface area contributed by atoms with Crippen LogP contribution in [0.15, 0.2) is 35.9 Å². The molecule has 0 aromatic heterocycles. The highest BCUT2D eigenvalue weighted by Gasteiger charge is 2.12. The van der Waals surface area contributed by atoms with E-state index in [1.165, 1.54) is 0 Å². The zero-order valence-electron chi connectivity index (χ0n) is 8.90. The summed E-state index contributed by atoms with van der Waals surface area (Å²) in [5, 5.41) is 8.87. The number of allylic oxidation sites excluding steroid dienone is 1. The second-order valence-corrected chi connectivity index (χ2v) is 3.60. The van der Waals surface area contributed by atoms with Crippen LogP contribution in [0.25, 0.3) is 6.08 Å². The van der Waals surface area contributed by atoms with E-state index in [0.717, 1.165) is 5.56 Å². The van der Waals surface area contributed by atoms with Gasteiger partial charge in [0, 0.05) is 5.92 Å². The molecule has 0 N–H and O–H groups in total. The van der Waals surface area contributed by atoms with Gasteiger partial charge in [-0.05, 0) is 11.6 Å². The first-order valence-electron chi connectivity index (χ1n) is 4.86. The molecule has 0 spiro atoms. The van der Waals surface area contributed by atoms with Gasteiger partial charge in [0.15, 0.2) is 5.78 Å². The molecular weight excluding hydrogens is 186 g/mol. The molecule has 1 aromatic rings. The fourth-order valence-corrected chi connectivity index (χ4v) is 1.19. The number of benzene rings is 1. The molecule has 0 unspecified atom stereocenters. The Kier molecular flexibility index (Phi) is 3.82. The first-order valence-corrected chi connectivity index (χ1v) is 4.86. The number of hydrogen-bond acceptors (Lipinski definition) is 2. The molecule has 2 nitrogen and oxygen atoms in total. The number of rotatable bonds is 3. The summed E-state index contributed by atoms with van der Waals surface area (Å²) in [6.45, 7) is 3.58. The van der Waals surface area contributed by atoms with Gasteiger partial charge >= 0.3 is 0 Å². The van der Waals surface area contributed by atoms with E-state index in [1.54, 1.807) is 19.9 Å². The van der Waals surface area contributed by atoms with E-state index in [2.05, 4.69) is 0 Å². The summed E-state index contributed by atoms with van der Waals surface area (Å²) in [5.41, 5.74) is 1.10. The lowest BCUT2D eigenvalue weighted by Gasteiger charge is -2.01. The average Bonchev–Trinajstić information content (AvgIpc) is 2.26. The molecule has 0 bridgehead atoms. The van der Waals surface area contributed by atoms with Crippen LogP contribution < -0.4 is 0 Å². The average molecular weight is 199 g/mol. The maximum absolute atomic E-state index is 11.6. The van der Waals surface area contributed by atoms with Crippen LogP contribution in [-0.2, 0) is 4.79 Å². The van der Waals surface area contributed by atoms with Gasteiger partial charge in [-0.1, -0.05) is 44.2 Å². The minimum atomic E-state index is -0.139. The number of nitriles is 1. The third-order valence-corrected chi connectivity index (χ3v) is 2.02. The van der Waals surface area contributed by atoms with Gasteiger partial charge in [0.05, 0.1) is 5.57 Å². The van der Waals surface area contributed by atoms with E-state index >= 15 is 0 Å². The highest BCUT2D eigenvalue weighted by Crippen LogP contribution is 2.10. The number of nitrogens with zero attached hydrogens (tertiary/aromatic N) is 1. The standard InChI is InChI=1S/C13H13NO/c1-10(2)13(15)12(9-14)8-11-6-4-3-5-7-11/h3-8,10H,1-2H3/b12-8+. The number of hydrogen-bond donors (Lipinski definition) is 0. The van der Waals surface area contributed by atoms with Gasteiger partial charge in [0.25, 0.3) is 0 Å². The Bertz CT molecular complexity index is 410. The molecule has 0 aliphatic carbocycles. The minimum Gasteiger partial charge on any atom is -0.293 e. The number of ketones is 1.